The molecule has 1 aliphatic heterocycles. The smallest absolute Gasteiger partial charge is 0.330 e. The molecule has 7 nitrogen and oxygen atoms in total. The van der Waals surface area contributed by atoms with Gasteiger partial charge in [0.1, 0.15) is 0 Å². The van der Waals surface area contributed by atoms with Gasteiger partial charge in [0.2, 0.25) is 0 Å². The van der Waals surface area contributed by atoms with Gasteiger partial charge >= 0.3 is 5.69 Å². The number of rotatable bonds is 2. The first-order chi connectivity index (χ1) is 12.1. The number of aryl methyl sites for hydroxylation is 2. The molecule has 3 aromatic rings. The molecular formula is C18H19N5O2. The standard InChI is InChI=1S/C18H19N5O2/c1-12-5-8-19-10-14(12)17(24)22-9-6-13(11-22)23-16-15(4-3-7-20-16)21(2)18(23)25/h3-5,7-8,10,13H,6,9,11H2,1-2H3/t13-/m1/s1. The SMILES string of the molecule is Cc1ccncc1C(=O)N1CC[C@@H](n2c(=O)n(C)c3cccnc32)C1. The molecule has 0 bridgehead atoms. The van der Waals surface area contributed by atoms with Crippen molar-refractivity contribution in [1.82, 2.24) is 24.0 Å². The van der Waals surface area contributed by atoms with Crippen molar-refractivity contribution in [2.45, 2.75) is 19.4 Å². The molecule has 1 amide bonds. The molecule has 25 heavy (non-hydrogen) atoms. The van der Waals surface area contributed by atoms with Gasteiger partial charge in [0.05, 0.1) is 17.1 Å². The molecule has 4 rings (SSSR count). The van der Waals surface area contributed by atoms with Gasteiger partial charge in [-0.2, -0.15) is 0 Å². The van der Waals surface area contributed by atoms with E-state index in [-0.39, 0.29) is 17.6 Å². The number of amides is 1. The molecule has 0 aromatic carbocycles. The van der Waals surface area contributed by atoms with Crippen LogP contribution in [0.15, 0.2) is 41.6 Å². The third-order valence-corrected chi connectivity index (χ3v) is 4.93. The van der Waals surface area contributed by atoms with Crippen molar-refractivity contribution >= 4 is 17.1 Å². The van der Waals surface area contributed by atoms with E-state index in [1.165, 1.54) is 0 Å². The van der Waals surface area contributed by atoms with Gasteiger partial charge < -0.3 is 4.90 Å². The lowest BCUT2D eigenvalue weighted by molar-refractivity contribution is 0.0786. The zero-order valence-corrected chi connectivity index (χ0v) is 14.2. The van der Waals surface area contributed by atoms with Gasteiger partial charge in [0, 0.05) is 38.7 Å². The van der Waals surface area contributed by atoms with Crippen molar-refractivity contribution in [2.75, 3.05) is 13.1 Å². The number of hydrogen-bond acceptors (Lipinski definition) is 4. The number of nitrogens with zero attached hydrogens (tertiary/aromatic N) is 5. The maximum atomic E-state index is 12.8. The summed E-state index contributed by atoms with van der Waals surface area (Å²) >= 11 is 0. The molecule has 0 aliphatic carbocycles. The summed E-state index contributed by atoms with van der Waals surface area (Å²) in [4.78, 5) is 35.7. The second-order valence-corrected chi connectivity index (χ2v) is 6.44. The average molecular weight is 337 g/mol. The van der Waals surface area contributed by atoms with Gasteiger partial charge in [-0.15, -0.1) is 0 Å². The average Bonchev–Trinajstić information content (AvgIpc) is 3.19. The van der Waals surface area contributed by atoms with Crippen LogP contribution in [0.5, 0.6) is 0 Å². The first-order valence-corrected chi connectivity index (χ1v) is 8.29. The van der Waals surface area contributed by atoms with E-state index < -0.39 is 0 Å². The number of imidazole rings is 1. The van der Waals surface area contributed by atoms with E-state index in [0.717, 1.165) is 17.5 Å². The normalized spacial score (nSPS) is 17.4. The number of carbonyl (C=O) groups excluding carboxylic acids is 1. The molecular weight excluding hydrogens is 318 g/mol. The number of likely N-dealkylation sites (tertiary alicyclic amines) is 1. The number of pyridine rings is 2. The molecule has 0 unspecified atom stereocenters. The first-order valence-electron chi connectivity index (χ1n) is 8.29. The van der Waals surface area contributed by atoms with Gasteiger partial charge in [-0.1, -0.05) is 0 Å². The van der Waals surface area contributed by atoms with Crippen LogP contribution in [0, 0.1) is 6.92 Å². The van der Waals surface area contributed by atoms with Crippen LogP contribution in [-0.4, -0.2) is 43.0 Å². The lowest BCUT2D eigenvalue weighted by atomic mass is 10.1. The fourth-order valence-corrected chi connectivity index (χ4v) is 3.52. The number of aromatic nitrogens is 4. The molecule has 4 heterocycles. The Labute approximate surface area is 144 Å². The minimum absolute atomic E-state index is 0.0330. The second kappa shape index (κ2) is 5.84. The summed E-state index contributed by atoms with van der Waals surface area (Å²) in [5.74, 6) is -0.0330. The van der Waals surface area contributed by atoms with Crippen molar-refractivity contribution in [1.29, 1.82) is 0 Å². The molecule has 0 spiro atoms. The van der Waals surface area contributed by atoms with E-state index in [9.17, 15) is 9.59 Å². The Morgan fingerprint density at radius 2 is 2.12 bits per heavy atom. The lowest BCUT2D eigenvalue weighted by Crippen LogP contribution is -2.32. The Bertz CT molecular complexity index is 1020. The van der Waals surface area contributed by atoms with Crippen LogP contribution in [-0.2, 0) is 7.05 Å². The van der Waals surface area contributed by atoms with E-state index in [2.05, 4.69) is 9.97 Å². The molecule has 1 fully saturated rings. The van der Waals surface area contributed by atoms with Crippen LogP contribution in [0.4, 0.5) is 0 Å². The number of carbonyl (C=O) groups is 1. The van der Waals surface area contributed by atoms with Crippen molar-refractivity contribution in [2.24, 2.45) is 7.05 Å². The second-order valence-electron chi connectivity index (χ2n) is 6.44. The van der Waals surface area contributed by atoms with Crippen LogP contribution in [0.1, 0.15) is 28.4 Å². The third-order valence-electron chi connectivity index (χ3n) is 4.93. The summed E-state index contributed by atoms with van der Waals surface area (Å²) in [6, 6.07) is 5.48. The highest BCUT2D eigenvalue weighted by Crippen LogP contribution is 2.25. The molecule has 128 valence electrons. The van der Waals surface area contributed by atoms with Crippen LogP contribution in [0.3, 0.4) is 0 Å². The highest BCUT2D eigenvalue weighted by Gasteiger charge is 2.31. The summed E-state index contributed by atoms with van der Waals surface area (Å²) in [6.45, 7) is 3.03. The Kier molecular flexibility index (Phi) is 3.63. The Morgan fingerprint density at radius 1 is 1.28 bits per heavy atom. The van der Waals surface area contributed by atoms with Crippen LogP contribution >= 0.6 is 0 Å². The molecule has 1 saturated heterocycles. The van der Waals surface area contributed by atoms with Crippen molar-refractivity contribution < 1.29 is 4.79 Å². The quantitative estimate of drug-likeness (QED) is 0.711. The van der Waals surface area contributed by atoms with Crippen molar-refractivity contribution in [3.63, 3.8) is 0 Å². The molecule has 0 saturated carbocycles. The van der Waals surface area contributed by atoms with Crippen LogP contribution in [0.2, 0.25) is 0 Å². The molecule has 1 atom stereocenters. The van der Waals surface area contributed by atoms with Crippen molar-refractivity contribution in [3.8, 4) is 0 Å². The lowest BCUT2D eigenvalue weighted by Gasteiger charge is -2.17. The summed E-state index contributed by atoms with van der Waals surface area (Å²) < 4.78 is 3.33. The Balaban J connectivity index is 1.66. The van der Waals surface area contributed by atoms with Crippen LogP contribution < -0.4 is 5.69 Å². The number of fused-ring (bicyclic) bond motifs is 1. The molecule has 7 heteroatoms. The summed E-state index contributed by atoms with van der Waals surface area (Å²) in [5.41, 5.74) is 2.91. The highest BCUT2D eigenvalue weighted by molar-refractivity contribution is 5.95. The Morgan fingerprint density at radius 3 is 2.92 bits per heavy atom. The van der Waals surface area contributed by atoms with Gasteiger partial charge in [0.15, 0.2) is 5.65 Å². The number of hydrogen-bond donors (Lipinski definition) is 0. The fourth-order valence-electron chi connectivity index (χ4n) is 3.52. The summed E-state index contributed by atoms with van der Waals surface area (Å²) in [7, 11) is 1.75. The van der Waals surface area contributed by atoms with Gasteiger partial charge in [-0.3, -0.25) is 18.9 Å². The highest BCUT2D eigenvalue weighted by atomic mass is 16.2. The minimum Gasteiger partial charge on any atom is -0.336 e. The largest absolute Gasteiger partial charge is 0.336 e. The third kappa shape index (κ3) is 2.43. The molecule has 0 radical (unpaired) electrons. The van der Waals surface area contributed by atoms with E-state index in [1.807, 2.05) is 25.1 Å². The maximum Gasteiger partial charge on any atom is 0.330 e. The summed E-state index contributed by atoms with van der Waals surface area (Å²) in [5, 5.41) is 0. The van der Waals surface area contributed by atoms with E-state index in [1.54, 1.807) is 39.7 Å². The molecule has 1 aliphatic rings. The van der Waals surface area contributed by atoms with Gasteiger partial charge in [-0.05, 0) is 37.1 Å². The Hall–Kier alpha value is -2.96. The summed E-state index contributed by atoms with van der Waals surface area (Å²) in [6.07, 6.45) is 5.71. The molecule has 0 N–H and O–H groups in total. The maximum absolute atomic E-state index is 12.8. The topological polar surface area (TPSA) is 73.0 Å². The van der Waals surface area contributed by atoms with E-state index >= 15 is 0 Å². The monoisotopic (exact) mass is 337 g/mol. The predicted molar refractivity (Wildman–Crippen MR) is 93.5 cm³/mol. The predicted octanol–water partition coefficient (Wildman–Crippen LogP) is 1.53. The van der Waals surface area contributed by atoms with Gasteiger partial charge in [-0.25, -0.2) is 9.78 Å². The van der Waals surface area contributed by atoms with E-state index in [0.29, 0.717) is 24.3 Å². The zero-order valence-electron chi connectivity index (χ0n) is 14.2. The first kappa shape index (κ1) is 15.6. The molecule has 3 aromatic heterocycles. The van der Waals surface area contributed by atoms with Crippen LogP contribution in [0.25, 0.3) is 11.2 Å². The van der Waals surface area contributed by atoms with E-state index in [4.69, 9.17) is 0 Å². The van der Waals surface area contributed by atoms with Crippen molar-refractivity contribution in [3.05, 3.63) is 58.4 Å². The zero-order chi connectivity index (χ0) is 17.6. The minimum atomic E-state index is -0.0921. The fraction of sp³-hybridized carbons (Fsp3) is 0.333. The van der Waals surface area contributed by atoms with Gasteiger partial charge in [0.25, 0.3) is 5.91 Å².